The van der Waals surface area contributed by atoms with Gasteiger partial charge < -0.3 is 4.74 Å². The molecule has 1 aromatic heterocycles. The Morgan fingerprint density at radius 1 is 1.23 bits per heavy atom. The summed E-state index contributed by atoms with van der Waals surface area (Å²) in [7, 11) is 0. The third-order valence-corrected chi connectivity index (χ3v) is 4.53. The van der Waals surface area contributed by atoms with Gasteiger partial charge in [0.05, 0.1) is 16.0 Å². The second-order valence-corrected chi connectivity index (χ2v) is 6.53. The minimum atomic E-state index is -0.744. The number of nitrogens with one attached hydrogen (secondary N) is 1. The lowest BCUT2D eigenvalue weighted by Gasteiger charge is -2.13. The zero-order valence-corrected chi connectivity index (χ0v) is 14.6. The molecule has 1 N–H and O–H groups in total. The smallest absolute Gasteiger partial charge is 0.324 e. The summed E-state index contributed by atoms with van der Waals surface area (Å²) in [6.07, 6.45) is 0.615. The number of hydrogen-bond acceptors (Lipinski definition) is 6. The molecule has 0 spiro atoms. The molecule has 0 radical (unpaired) electrons. The van der Waals surface area contributed by atoms with E-state index in [0.29, 0.717) is 10.6 Å². The maximum absolute atomic E-state index is 12.1. The number of carbonyl (C=O) groups is 1. The molecular formula is C18H15N3O4S. The largest absolute Gasteiger partial charge is 0.481 e. The maximum Gasteiger partial charge on any atom is 0.324 e. The van der Waals surface area contributed by atoms with Gasteiger partial charge >= 0.3 is 5.00 Å². The Morgan fingerprint density at radius 2 is 2.00 bits per heavy atom. The summed E-state index contributed by atoms with van der Waals surface area (Å²) in [6.45, 7) is 1.62. The highest BCUT2D eigenvalue weighted by molar-refractivity contribution is 7.16. The number of nitro groups is 1. The molecule has 0 aliphatic carbocycles. The highest BCUT2D eigenvalue weighted by Gasteiger charge is 2.14. The van der Waals surface area contributed by atoms with Crippen molar-refractivity contribution in [3.05, 3.63) is 69.6 Å². The number of hydrogen-bond donors (Lipinski definition) is 1. The van der Waals surface area contributed by atoms with Crippen LogP contribution in [0.2, 0.25) is 0 Å². The Hall–Kier alpha value is -3.26. The summed E-state index contributed by atoms with van der Waals surface area (Å²) >= 11 is 0.974. The number of carbonyl (C=O) groups excluding carboxylic acids is 1. The quantitative estimate of drug-likeness (QED) is 0.407. The molecule has 1 amide bonds. The number of thiophene rings is 1. The topological polar surface area (TPSA) is 93.8 Å². The molecule has 26 heavy (non-hydrogen) atoms. The summed E-state index contributed by atoms with van der Waals surface area (Å²) in [5, 5.41) is 16.6. The number of amides is 1. The summed E-state index contributed by atoms with van der Waals surface area (Å²) in [6, 6.07) is 16.4. The zero-order valence-electron chi connectivity index (χ0n) is 13.8. The molecular weight excluding hydrogens is 354 g/mol. The Bertz CT molecular complexity index is 983. The molecule has 132 valence electrons. The van der Waals surface area contributed by atoms with Crippen LogP contribution in [0.3, 0.4) is 0 Å². The Balaban J connectivity index is 1.58. The molecule has 0 fully saturated rings. The van der Waals surface area contributed by atoms with Crippen LogP contribution in [0.25, 0.3) is 10.8 Å². The first-order chi connectivity index (χ1) is 12.5. The van der Waals surface area contributed by atoms with Gasteiger partial charge in [-0.2, -0.15) is 5.10 Å². The maximum atomic E-state index is 12.1. The van der Waals surface area contributed by atoms with Gasteiger partial charge in [-0.3, -0.25) is 14.9 Å². The second kappa shape index (κ2) is 7.75. The van der Waals surface area contributed by atoms with Crippen molar-refractivity contribution >= 4 is 39.2 Å². The third kappa shape index (κ3) is 4.22. The molecule has 0 saturated heterocycles. The molecule has 7 nitrogen and oxygen atoms in total. The number of rotatable bonds is 6. The van der Waals surface area contributed by atoms with Crippen LogP contribution in [0.15, 0.2) is 59.7 Å². The fourth-order valence-corrected chi connectivity index (χ4v) is 2.95. The molecule has 0 aliphatic rings. The summed E-state index contributed by atoms with van der Waals surface area (Å²) in [4.78, 5) is 22.8. The van der Waals surface area contributed by atoms with Crippen molar-refractivity contribution in [1.82, 2.24) is 5.43 Å². The number of hydrazone groups is 1. The number of benzene rings is 2. The van der Waals surface area contributed by atoms with E-state index in [0.717, 1.165) is 22.1 Å². The summed E-state index contributed by atoms with van der Waals surface area (Å²) in [5.41, 5.74) is 2.37. The van der Waals surface area contributed by atoms with Crippen LogP contribution in [0.4, 0.5) is 5.00 Å². The van der Waals surface area contributed by atoms with Crippen LogP contribution < -0.4 is 10.2 Å². The molecule has 1 heterocycles. The van der Waals surface area contributed by atoms with Crippen LogP contribution >= 0.6 is 11.3 Å². The van der Waals surface area contributed by atoms with Gasteiger partial charge in [0, 0.05) is 6.07 Å². The second-order valence-electron chi connectivity index (χ2n) is 5.44. The van der Waals surface area contributed by atoms with Crippen LogP contribution in [0, 0.1) is 10.1 Å². The van der Waals surface area contributed by atoms with Gasteiger partial charge in [-0.05, 0) is 35.9 Å². The standard InChI is InChI=1S/C18H15N3O4S/c1-12(25-15-7-6-13-4-2-3-5-14(13)10-15)18(22)20-19-11-16-8-9-17(26-16)21(23)24/h2-12H,1H3,(H,20,22). The van der Waals surface area contributed by atoms with Crippen molar-refractivity contribution in [2.45, 2.75) is 13.0 Å². The Morgan fingerprint density at radius 3 is 2.73 bits per heavy atom. The van der Waals surface area contributed by atoms with E-state index in [9.17, 15) is 14.9 Å². The van der Waals surface area contributed by atoms with Crippen molar-refractivity contribution in [3.8, 4) is 5.75 Å². The van der Waals surface area contributed by atoms with Crippen molar-refractivity contribution in [2.24, 2.45) is 5.10 Å². The van der Waals surface area contributed by atoms with E-state index in [2.05, 4.69) is 10.5 Å². The van der Waals surface area contributed by atoms with Crippen LogP contribution in [0.5, 0.6) is 5.75 Å². The van der Waals surface area contributed by atoms with Crippen LogP contribution in [-0.4, -0.2) is 23.1 Å². The first-order valence-corrected chi connectivity index (χ1v) is 8.57. The van der Waals surface area contributed by atoms with Crippen molar-refractivity contribution in [2.75, 3.05) is 0 Å². The average molecular weight is 369 g/mol. The highest BCUT2D eigenvalue weighted by atomic mass is 32.1. The number of fused-ring (bicyclic) bond motifs is 1. The molecule has 3 aromatic rings. The summed E-state index contributed by atoms with van der Waals surface area (Å²) < 4.78 is 5.65. The molecule has 0 aliphatic heterocycles. The van der Waals surface area contributed by atoms with Gasteiger partial charge in [0.2, 0.25) is 0 Å². The minimum absolute atomic E-state index is 0.0192. The third-order valence-electron chi connectivity index (χ3n) is 3.56. The van der Waals surface area contributed by atoms with Gasteiger partial charge in [-0.1, -0.05) is 41.7 Å². The SMILES string of the molecule is CC(Oc1ccc2ccccc2c1)C(=O)NN=Cc1ccc([N+](=O)[O-])s1. The Labute approximate surface area is 153 Å². The van der Waals surface area contributed by atoms with Gasteiger partial charge in [0.1, 0.15) is 5.75 Å². The van der Waals surface area contributed by atoms with E-state index >= 15 is 0 Å². The van der Waals surface area contributed by atoms with Crippen LogP contribution in [-0.2, 0) is 4.79 Å². The zero-order chi connectivity index (χ0) is 18.5. The molecule has 1 atom stereocenters. The van der Waals surface area contributed by atoms with Gasteiger partial charge in [0.15, 0.2) is 6.10 Å². The number of ether oxygens (including phenoxy) is 1. The van der Waals surface area contributed by atoms with E-state index in [1.165, 1.54) is 12.3 Å². The van der Waals surface area contributed by atoms with E-state index in [-0.39, 0.29) is 5.00 Å². The highest BCUT2D eigenvalue weighted by Crippen LogP contribution is 2.23. The van der Waals surface area contributed by atoms with Crippen molar-refractivity contribution in [1.29, 1.82) is 0 Å². The molecule has 1 unspecified atom stereocenters. The molecule has 0 saturated carbocycles. The predicted molar refractivity (Wildman–Crippen MR) is 101 cm³/mol. The van der Waals surface area contributed by atoms with Crippen molar-refractivity contribution in [3.63, 3.8) is 0 Å². The molecule has 8 heteroatoms. The molecule has 3 rings (SSSR count). The first kappa shape index (κ1) is 17.6. The summed E-state index contributed by atoms with van der Waals surface area (Å²) in [5.74, 6) is 0.171. The number of nitrogens with zero attached hydrogens (tertiary/aromatic N) is 2. The van der Waals surface area contributed by atoms with E-state index in [1.54, 1.807) is 19.1 Å². The van der Waals surface area contributed by atoms with E-state index in [4.69, 9.17) is 4.74 Å². The lowest BCUT2D eigenvalue weighted by Crippen LogP contribution is -2.33. The fraction of sp³-hybridized carbons (Fsp3) is 0.111. The van der Waals surface area contributed by atoms with Gasteiger partial charge in [-0.15, -0.1) is 0 Å². The predicted octanol–water partition coefficient (Wildman–Crippen LogP) is 3.73. The monoisotopic (exact) mass is 369 g/mol. The van der Waals surface area contributed by atoms with Gasteiger partial charge in [-0.25, -0.2) is 5.43 Å². The lowest BCUT2D eigenvalue weighted by molar-refractivity contribution is -0.380. The minimum Gasteiger partial charge on any atom is -0.481 e. The van der Waals surface area contributed by atoms with E-state index in [1.807, 2.05) is 36.4 Å². The normalized spacial score (nSPS) is 12.2. The lowest BCUT2D eigenvalue weighted by atomic mass is 10.1. The average Bonchev–Trinajstić information content (AvgIpc) is 3.10. The van der Waals surface area contributed by atoms with E-state index < -0.39 is 16.9 Å². The fourth-order valence-electron chi connectivity index (χ4n) is 2.26. The Kier molecular flexibility index (Phi) is 5.23. The molecule has 2 aromatic carbocycles. The van der Waals surface area contributed by atoms with Gasteiger partial charge in [0.25, 0.3) is 5.91 Å². The van der Waals surface area contributed by atoms with Crippen LogP contribution in [0.1, 0.15) is 11.8 Å². The molecule has 0 bridgehead atoms. The van der Waals surface area contributed by atoms with Crippen molar-refractivity contribution < 1.29 is 14.5 Å². The first-order valence-electron chi connectivity index (χ1n) is 7.75.